The Hall–Kier alpha value is -0.920. The van der Waals surface area contributed by atoms with Gasteiger partial charge in [0, 0.05) is 25.1 Å². The van der Waals surface area contributed by atoms with E-state index in [0.717, 1.165) is 10.4 Å². The number of halogens is 1. The molecule has 1 heterocycles. The highest BCUT2D eigenvalue weighted by atomic mass is 35.5. The summed E-state index contributed by atoms with van der Waals surface area (Å²) in [5, 5.41) is 8.87. The minimum atomic E-state index is -3.53. The first-order valence-corrected chi connectivity index (χ1v) is 8.97. The van der Waals surface area contributed by atoms with Crippen LogP contribution in [0.1, 0.15) is 10.4 Å². The zero-order chi connectivity index (χ0) is 15.5. The predicted octanol–water partition coefficient (Wildman–Crippen LogP) is 2.76. The maximum absolute atomic E-state index is 12.5. The minimum Gasteiger partial charge on any atom is -0.396 e. The molecule has 0 saturated carbocycles. The summed E-state index contributed by atoms with van der Waals surface area (Å²) in [5.41, 5.74) is 0.907. The highest BCUT2D eigenvalue weighted by molar-refractivity contribution is 7.89. The number of aliphatic hydroxyl groups is 1. The number of hydrogen-bond donors (Lipinski definition) is 1. The van der Waals surface area contributed by atoms with Gasteiger partial charge in [-0.2, -0.15) is 4.31 Å². The van der Waals surface area contributed by atoms with E-state index >= 15 is 0 Å². The lowest BCUT2D eigenvalue weighted by Gasteiger charge is -2.16. The molecule has 1 N–H and O–H groups in total. The topological polar surface area (TPSA) is 57.6 Å². The standard InChI is InChI=1S/C14H16ClNO3S2/c1-16(10-12-4-7-14(15)20-12)21(18,19)13-5-2-11(3-6-13)8-9-17/h2-7,17H,8-10H2,1H3. The lowest BCUT2D eigenvalue weighted by Crippen LogP contribution is -2.26. The van der Waals surface area contributed by atoms with Gasteiger partial charge in [0.2, 0.25) is 10.0 Å². The van der Waals surface area contributed by atoms with Crippen LogP contribution >= 0.6 is 22.9 Å². The predicted molar refractivity (Wildman–Crippen MR) is 85.2 cm³/mol. The second kappa shape index (κ2) is 6.89. The highest BCUT2D eigenvalue weighted by Crippen LogP contribution is 2.24. The fourth-order valence-corrected chi connectivity index (χ4v) is 4.25. The lowest BCUT2D eigenvalue weighted by atomic mass is 10.2. The Balaban J connectivity index is 2.16. The number of thiophene rings is 1. The monoisotopic (exact) mass is 345 g/mol. The molecule has 0 spiro atoms. The maximum Gasteiger partial charge on any atom is 0.243 e. The smallest absolute Gasteiger partial charge is 0.243 e. The molecule has 0 aliphatic rings. The van der Waals surface area contributed by atoms with Crippen LogP contribution in [0, 0.1) is 0 Å². The summed E-state index contributed by atoms with van der Waals surface area (Å²) in [4.78, 5) is 1.14. The van der Waals surface area contributed by atoms with Crippen LogP contribution in [-0.2, 0) is 23.0 Å². The first-order chi connectivity index (χ1) is 9.93. The molecular formula is C14H16ClNO3S2. The minimum absolute atomic E-state index is 0.0468. The molecule has 0 radical (unpaired) electrons. The molecule has 2 aromatic rings. The van der Waals surface area contributed by atoms with Crippen LogP contribution in [0.25, 0.3) is 0 Å². The third-order valence-electron chi connectivity index (χ3n) is 3.04. The van der Waals surface area contributed by atoms with Gasteiger partial charge in [0.15, 0.2) is 0 Å². The van der Waals surface area contributed by atoms with Crippen molar-refractivity contribution in [3.05, 3.63) is 51.2 Å². The Morgan fingerprint density at radius 1 is 1.19 bits per heavy atom. The fourth-order valence-electron chi connectivity index (χ4n) is 1.88. The number of sulfonamides is 1. The molecule has 0 atom stereocenters. The van der Waals surface area contributed by atoms with Crippen molar-refractivity contribution in [2.24, 2.45) is 0 Å². The molecule has 0 amide bonds. The maximum atomic E-state index is 12.5. The molecule has 0 bridgehead atoms. The van der Waals surface area contributed by atoms with Crippen LogP contribution in [0.15, 0.2) is 41.3 Å². The summed E-state index contributed by atoms with van der Waals surface area (Å²) in [5.74, 6) is 0. The van der Waals surface area contributed by atoms with Crippen molar-refractivity contribution in [3.8, 4) is 0 Å². The van der Waals surface area contributed by atoms with Crippen LogP contribution < -0.4 is 0 Å². The highest BCUT2D eigenvalue weighted by Gasteiger charge is 2.21. The van der Waals surface area contributed by atoms with E-state index in [1.807, 2.05) is 6.07 Å². The van der Waals surface area contributed by atoms with E-state index in [-0.39, 0.29) is 18.0 Å². The second-order valence-corrected chi connectivity index (χ2v) is 8.43. The number of hydrogen-bond acceptors (Lipinski definition) is 4. The van der Waals surface area contributed by atoms with Crippen LogP contribution in [0.2, 0.25) is 4.34 Å². The van der Waals surface area contributed by atoms with Crippen molar-refractivity contribution in [1.82, 2.24) is 4.31 Å². The Morgan fingerprint density at radius 2 is 1.86 bits per heavy atom. The normalized spacial score (nSPS) is 12.0. The molecule has 0 fully saturated rings. The average molecular weight is 346 g/mol. The van der Waals surface area contributed by atoms with E-state index in [2.05, 4.69) is 0 Å². The fraction of sp³-hybridized carbons (Fsp3) is 0.286. The number of aliphatic hydroxyl groups excluding tert-OH is 1. The van der Waals surface area contributed by atoms with Crippen molar-refractivity contribution in [2.45, 2.75) is 17.9 Å². The summed E-state index contributed by atoms with van der Waals surface area (Å²) in [7, 11) is -1.98. The molecule has 21 heavy (non-hydrogen) atoms. The van der Waals surface area contributed by atoms with Gasteiger partial charge in [0.05, 0.1) is 9.23 Å². The number of benzene rings is 1. The van der Waals surface area contributed by atoms with Gasteiger partial charge in [-0.05, 0) is 36.2 Å². The number of rotatable bonds is 6. The molecule has 0 saturated heterocycles. The molecule has 114 valence electrons. The summed E-state index contributed by atoms with van der Waals surface area (Å²) in [6.07, 6.45) is 0.518. The van der Waals surface area contributed by atoms with Crippen molar-refractivity contribution in [2.75, 3.05) is 13.7 Å². The van der Waals surface area contributed by atoms with Gasteiger partial charge in [-0.25, -0.2) is 8.42 Å². The summed E-state index contributed by atoms with van der Waals surface area (Å²) in [6, 6.07) is 10.2. The Kier molecular flexibility index (Phi) is 5.40. The third-order valence-corrected chi connectivity index (χ3v) is 6.07. The van der Waals surface area contributed by atoms with Crippen LogP contribution in [-0.4, -0.2) is 31.5 Å². The first kappa shape index (κ1) is 16.5. The molecule has 2 rings (SSSR count). The first-order valence-electron chi connectivity index (χ1n) is 6.34. The SMILES string of the molecule is CN(Cc1ccc(Cl)s1)S(=O)(=O)c1ccc(CCO)cc1. The Morgan fingerprint density at radius 3 is 2.38 bits per heavy atom. The molecule has 0 aliphatic carbocycles. The van der Waals surface area contributed by atoms with Gasteiger partial charge in [0.1, 0.15) is 0 Å². The Bertz CT molecular complexity index is 695. The van der Waals surface area contributed by atoms with E-state index in [1.165, 1.54) is 15.6 Å². The zero-order valence-electron chi connectivity index (χ0n) is 11.5. The lowest BCUT2D eigenvalue weighted by molar-refractivity contribution is 0.299. The van der Waals surface area contributed by atoms with E-state index < -0.39 is 10.0 Å². The second-order valence-electron chi connectivity index (χ2n) is 4.58. The van der Waals surface area contributed by atoms with E-state index in [9.17, 15) is 8.42 Å². The van der Waals surface area contributed by atoms with E-state index in [4.69, 9.17) is 16.7 Å². The van der Waals surface area contributed by atoms with Gasteiger partial charge in [-0.15, -0.1) is 11.3 Å². The van der Waals surface area contributed by atoms with Gasteiger partial charge < -0.3 is 5.11 Å². The van der Waals surface area contributed by atoms with Gasteiger partial charge in [-0.3, -0.25) is 0 Å². The Labute approximate surface area is 133 Å². The van der Waals surface area contributed by atoms with Crippen molar-refractivity contribution >= 4 is 33.0 Å². The largest absolute Gasteiger partial charge is 0.396 e. The van der Waals surface area contributed by atoms with Crippen molar-refractivity contribution < 1.29 is 13.5 Å². The molecule has 7 heteroatoms. The van der Waals surface area contributed by atoms with Gasteiger partial charge in [-0.1, -0.05) is 23.7 Å². The zero-order valence-corrected chi connectivity index (χ0v) is 13.9. The summed E-state index contributed by atoms with van der Waals surface area (Å²) in [6.45, 7) is 0.337. The molecule has 1 aromatic heterocycles. The van der Waals surface area contributed by atoms with E-state index in [1.54, 1.807) is 37.4 Å². The molecular weight excluding hydrogens is 330 g/mol. The molecule has 0 aliphatic heterocycles. The van der Waals surface area contributed by atoms with Crippen LogP contribution in [0.4, 0.5) is 0 Å². The quantitative estimate of drug-likeness (QED) is 0.875. The van der Waals surface area contributed by atoms with Crippen molar-refractivity contribution in [3.63, 3.8) is 0 Å². The third kappa shape index (κ3) is 4.05. The van der Waals surface area contributed by atoms with Crippen LogP contribution in [0.3, 0.4) is 0 Å². The van der Waals surface area contributed by atoms with Gasteiger partial charge >= 0.3 is 0 Å². The molecule has 4 nitrogen and oxygen atoms in total. The number of nitrogens with zero attached hydrogens (tertiary/aromatic N) is 1. The summed E-state index contributed by atoms with van der Waals surface area (Å²) >= 11 is 7.22. The molecule has 0 unspecified atom stereocenters. The average Bonchev–Trinajstić information content (AvgIpc) is 2.85. The van der Waals surface area contributed by atoms with E-state index in [0.29, 0.717) is 10.8 Å². The molecule has 1 aromatic carbocycles. The van der Waals surface area contributed by atoms with Crippen molar-refractivity contribution in [1.29, 1.82) is 0 Å². The summed E-state index contributed by atoms with van der Waals surface area (Å²) < 4.78 is 26.9. The van der Waals surface area contributed by atoms with Gasteiger partial charge in [0.25, 0.3) is 0 Å². The van der Waals surface area contributed by atoms with Crippen LogP contribution in [0.5, 0.6) is 0 Å².